The average Bonchev–Trinajstić information content (AvgIpc) is 2.47. The molecule has 0 aliphatic carbocycles. The Hall–Kier alpha value is -1.04. The molecule has 0 atom stereocenters. The van der Waals surface area contributed by atoms with Crippen LogP contribution < -0.4 is 5.32 Å². The first-order valence-corrected chi connectivity index (χ1v) is 8.52. The van der Waals surface area contributed by atoms with Crippen LogP contribution in [0.2, 0.25) is 0 Å². The fraction of sp³-hybridized carbons (Fsp3) is 0.588. The molecule has 1 aliphatic heterocycles. The van der Waals surface area contributed by atoms with Crippen molar-refractivity contribution >= 4 is 17.9 Å². The summed E-state index contributed by atoms with van der Waals surface area (Å²) in [5, 5.41) is 3.01. The Morgan fingerprint density at radius 3 is 2.64 bits per heavy atom. The minimum Gasteiger partial charge on any atom is -0.379 e. The fourth-order valence-electron chi connectivity index (χ4n) is 2.06. The second-order valence-corrected chi connectivity index (χ2v) is 8.00. The zero-order valence-electron chi connectivity index (χ0n) is 13.9. The maximum atomic E-state index is 12.3. The van der Waals surface area contributed by atoms with Crippen LogP contribution in [0.3, 0.4) is 0 Å². The lowest BCUT2D eigenvalue weighted by molar-refractivity contribution is 0.0773. The van der Waals surface area contributed by atoms with Crippen LogP contribution in [0.15, 0.2) is 23.1 Å². The number of nitrogens with zero attached hydrogens (tertiary/aromatic N) is 1. The molecule has 1 N–H and O–H groups in total. The first-order chi connectivity index (χ1) is 10.3. The van der Waals surface area contributed by atoms with E-state index in [0.717, 1.165) is 36.8 Å². The molecule has 0 aromatic heterocycles. The third-order valence-corrected chi connectivity index (χ3v) is 4.69. The first kappa shape index (κ1) is 17.3. The molecule has 0 bridgehead atoms. The topological polar surface area (TPSA) is 41.6 Å². The van der Waals surface area contributed by atoms with Crippen LogP contribution >= 0.6 is 11.9 Å². The van der Waals surface area contributed by atoms with E-state index >= 15 is 0 Å². The van der Waals surface area contributed by atoms with Crippen molar-refractivity contribution in [2.75, 3.05) is 32.8 Å². The fourth-order valence-corrected chi connectivity index (χ4v) is 3.07. The van der Waals surface area contributed by atoms with E-state index in [4.69, 9.17) is 4.74 Å². The van der Waals surface area contributed by atoms with Gasteiger partial charge in [0, 0.05) is 30.1 Å². The van der Waals surface area contributed by atoms with Gasteiger partial charge in [0.1, 0.15) is 0 Å². The smallest absolute Gasteiger partial charge is 0.251 e. The van der Waals surface area contributed by atoms with E-state index in [2.05, 4.69) is 37.3 Å². The molecule has 122 valence electrons. The van der Waals surface area contributed by atoms with E-state index in [1.165, 1.54) is 5.56 Å². The number of amides is 1. The number of aryl methyl sites for hydroxylation is 1. The molecule has 1 fully saturated rings. The van der Waals surface area contributed by atoms with Gasteiger partial charge < -0.3 is 10.1 Å². The van der Waals surface area contributed by atoms with E-state index in [9.17, 15) is 4.79 Å². The lowest BCUT2D eigenvalue weighted by atomic mass is 9.97. The molecule has 4 nitrogen and oxygen atoms in total. The Labute approximate surface area is 137 Å². The maximum absolute atomic E-state index is 12.3. The number of carbonyl (C=O) groups excluding carboxylic acids is 1. The molecule has 1 heterocycles. The summed E-state index contributed by atoms with van der Waals surface area (Å²) < 4.78 is 7.67. The van der Waals surface area contributed by atoms with Crippen molar-refractivity contribution < 1.29 is 9.53 Å². The van der Waals surface area contributed by atoms with Gasteiger partial charge in [0.15, 0.2) is 0 Å². The molecular formula is C17H26N2O2S. The predicted molar refractivity (Wildman–Crippen MR) is 91.2 cm³/mol. The van der Waals surface area contributed by atoms with Gasteiger partial charge >= 0.3 is 0 Å². The van der Waals surface area contributed by atoms with E-state index < -0.39 is 0 Å². The highest BCUT2D eigenvalue weighted by atomic mass is 32.2. The summed E-state index contributed by atoms with van der Waals surface area (Å²) in [6.45, 7) is 12.5. The Kier molecular flexibility index (Phi) is 5.89. The molecular weight excluding hydrogens is 296 g/mol. The van der Waals surface area contributed by atoms with E-state index in [1.807, 2.05) is 18.2 Å². The molecule has 5 heteroatoms. The Morgan fingerprint density at radius 1 is 1.32 bits per heavy atom. The first-order valence-electron chi connectivity index (χ1n) is 7.75. The monoisotopic (exact) mass is 322 g/mol. The number of benzene rings is 1. The molecule has 2 rings (SSSR count). The summed E-state index contributed by atoms with van der Waals surface area (Å²) in [6, 6.07) is 5.92. The van der Waals surface area contributed by atoms with Gasteiger partial charge in [0.25, 0.3) is 5.91 Å². The number of rotatable bonds is 4. The summed E-state index contributed by atoms with van der Waals surface area (Å²) in [7, 11) is 0. The van der Waals surface area contributed by atoms with Gasteiger partial charge in [-0.1, -0.05) is 26.8 Å². The normalized spacial score (nSPS) is 16.5. The lowest BCUT2D eigenvalue weighted by Gasteiger charge is -2.26. The van der Waals surface area contributed by atoms with Crippen molar-refractivity contribution in [3.63, 3.8) is 0 Å². The molecule has 1 aliphatic rings. The van der Waals surface area contributed by atoms with Crippen LogP contribution in [0.25, 0.3) is 0 Å². The van der Waals surface area contributed by atoms with Crippen LogP contribution in [0, 0.1) is 12.3 Å². The summed E-state index contributed by atoms with van der Waals surface area (Å²) in [5.41, 5.74) is 2.01. The largest absolute Gasteiger partial charge is 0.379 e. The Balaban J connectivity index is 2.03. The minimum absolute atomic E-state index is 0.00116. The SMILES string of the molecule is Cc1ccc(C(=O)NCC(C)(C)C)cc1SN1CCOCC1. The Morgan fingerprint density at radius 2 is 2.00 bits per heavy atom. The summed E-state index contributed by atoms with van der Waals surface area (Å²) in [5.74, 6) is -0.00116. The van der Waals surface area contributed by atoms with Crippen molar-refractivity contribution in [3.8, 4) is 0 Å². The zero-order valence-corrected chi connectivity index (χ0v) is 14.8. The summed E-state index contributed by atoms with van der Waals surface area (Å²) >= 11 is 1.72. The van der Waals surface area contributed by atoms with E-state index in [1.54, 1.807) is 11.9 Å². The van der Waals surface area contributed by atoms with Crippen LogP contribution in [0.4, 0.5) is 0 Å². The van der Waals surface area contributed by atoms with Crippen molar-refractivity contribution in [1.29, 1.82) is 0 Å². The quantitative estimate of drug-likeness (QED) is 0.865. The van der Waals surface area contributed by atoms with Gasteiger partial charge in [-0.25, -0.2) is 4.31 Å². The maximum Gasteiger partial charge on any atom is 0.251 e. The lowest BCUT2D eigenvalue weighted by Crippen LogP contribution is -2.32. The number of carbonyl (C=O) groups is 1. The van der Waals surface area contributed by atoms with Crippen molar-refractivity contribution in [2.45, 2.75) is 32.6 Å². The molecule has 0 spiro atoms. The number of hydrogen-bond acceptors (Lipinski definition) is 4. The van der Waals surface area contributed by atoms with Crippen molar-refractivity contribution in [1.82, 2.24) is 9.62 Å². The summed E-state index contributed by atoms with van der Waals surface area (Å²) in [4.78, 5) is 13.4. The second-order valence-electron chi connectivity index (χ2n) is 6.86. The van der Waals surface area contributed by atoms with E-state index in [0.29, 0.717) is 6.54 Å². The van der Waals surface area contributed by atoms with Gasteiger partial charge in [0.2, 0.25) is 0 Å². The van der Waals surface area contributed by atoms with Crippen LogP contribution in [0.5, 0.6) is 0 Å². The molecule has 1 aromatic carbocycles. The third-order valence-electron chi connectivity index (χ3n) is 3.43. The van der Waals surface area contributed by atoms with Gasteiger partial charge in [-0.05, 0) is 42.0 Å². The van der Waals surface area contributed by atoms with Gasteiger partial charge in [-0.3, -0.25) is 4.79 Å². The minimum atomic E-state index is -0.00116. The number of morpholine rings is 1. The average molecular weight is 322 g/mol. The number of ether oxygens (including phenoxy) is 1. The van der Waals surface area contributed by atoms with Crippen LogP contribution in [-0.4, -0.2) is 43.1 Å². The zero-order chi connectivity index (χ0) is 16.2. The highest BCUT2D eigenvalue weighted by Crippen LogP contribution is 2.27. The van der Waals surface area contributed by atoms with Gasteiger partial charge in [0.05, 0.1) is 13.2 Å². The van der Waals surface area contributed by atoms with E-state index in [-0.39, 0.29) is 11.3 Å². The molecule has 1 saturated heterocycles. The molecule has 22 heavy (non-hydrogen) atoms. The molecule has 0 saturated carbocycles. The highest BCUT2D eigenvalue weighted by Gasteiger charge is 2.16. The third kappa shape index (κ3) is 5.30. The number of hydrogen-bond donors (Lipinski definition) is 1. The van der Waals surface area contributed by atoms with Crippen molar-refractivity contribution in [3.05, 3.63) is 29.3 Å². The molecule has 1 amide bonds. The van der Waals surface area contributed by atoms with Gasteiger partial charge in [-0.15, -0.1) is 0 Å². The summed E-state index contributed by atoms with van der Waals surface area (Å²) in [6.07, 6.45) is 0. The van der Waals surface area contributed by atoms with Crippen LogP contribution in [0.1, 0.15) is 36.7 Å². The van der Waals surface area contributed by atoms with Gasteiger partial charge in [-0.2, -0.15) is 0 Å². The highest BCUT2D eigenvalue weighted by molar-refractivity contribution is 7.97. The second kappa shape index (κ2) is 7.49. The van der Waals surface area contributed by atoms with Crippen LogP contribution in [-0.2, 0) is 4.74 Å². The standard InChI is InChI=1S/C17H26N2O2S/c1-13-5-6-14(16(20)18-12-17(2,3)4)11-15(13)22-19-7-9-21-10-8-19/h5-6,11H,7-10,12H2,1-4H3,(H,18,20). The number of nitrogens with one attached hydrogen (secondary N) is 1. The molecule has 0 unspecified atom stereocenters. The Bertz CT molecular complexity index is 520. The molecule has 1 aromatic rings. The van der Waals surface area contributed by atoms with Crippen molar-refractivity contribution in [2.24, 2.45) is 5.41 Å². The molecule has 0 radical (unpaired) electrons. The predicted octanol–water partition coefficient (Wildman–Crippen LogP) is 3.11.